The van der Waals surface area contributed by atoms with Crippen molar-refractivity contribution in [2.75, 3.05) is 7.05 Å². The first-order chi connectivity index (χ1) is 9.90. The number of likely N-dealkylation sites (N-methyl/N-ethyl adjacent to an activating group) is 1. The minimum atomic E-state index is -0.380. The van der Waals surface area contributed by atoms with E-state index < -0.39 is 0 Å². The van der Waals surface area contributed by atoms with Crippen LogP contribution in [0.1, 0.15) is 65.7 Å². The highest BCUT2D eigenvalue weighted by Crippen LogP contribution is 2.08. The average molecular weight is 298 g/mol. The largest absolute Gasteiger partial charge is 0.352 e. The van der Waals surface area contributed by atoms with Gasteiger partial charge in [0.05, 0.1) is 6.04 Å². The van der Waals surface area contributed by atoms with Crippen molar-refractivity contribution in [1.82, 2.24) is 10.6 Å². The van der Waals surface area contributed by atoms with E-state index in [4.69, 9.17) is 0 Å². The van der Waals surface area contributed by atoms with Crippen LogP contribution in [-0.4, -0.2) is 36.6 Å². The first-order valence-electron chi connectivity index (χ1n) is 7.87. The van der Waals surface area contributed by atoms with E-state index in [2.05, 4.69) is 17.6 Å². The third-order valence-electron chi connectivity index (χ3n) is 3.49. The van der Waals surface area contributed by atoms with Crippen molar-refractivity contribution in [1.29, 1.82) is 0 Å². The number of hydrogen-bond donors (Lipinski definition) is 2. The summed E-state index contributed by atoms with van der Waals surface area (Å²) in [5.74, 6) is 0.0364. The molecule has 2 atom stereocenters. The SMILES string of the molecule is CCCCCC(CC(C)=O)NC(=O)C(CCC(C)=O)NC. The van der Waals surface area contributed by atoms with Crippen molar-refractivity contribution in [2.24, 2.45) is 0 Å². The topological polar surface area (TPSA) is 75.3 Å². The third kappa shape index (κ3) is 10.2. The van der Waals surface area contributed by atoms with E-state index in [0.29, 0.717) is 19.3 Å². The lowest BCUT2D eigenvalue weighted by molar-refractivity contribution is -0.124. The molecular formula is C16H30N2O3. The summed E-state index contributed by atoms with van der Waals surface area (Å²) in [4.78, 5) is 34.6. The molecule has 0 aliphatic heterocycles. The number of rotatable bonds is 12. The molecule has 0 radical (unpaired) electrons. The molecule has 0 rings (SSSR count). The van der Waals surface area contributed by atoms with Crippen LogP contribution in [0.4, 0.5) is 0 Å². The van der Waals surface area contributed by atoms with E-state index in [1.165, 1.54) is 6.92 Å². The van der Waals surface area contributed by atoms with Gasteiger partial charge in [-0.15, -0.1) is 0 Å². The second kappa shape index (κ2) is 11.4. The zero-order valence-electron chi connectivity index (χ0n) is 13.8. The van der Waals surface area contributed by atoms with Gasteiger partial charge in [-0.1, -0.05) is 26.2 Å². The molecule has 0 aliphatic carbocycles. The molecule has 0 bridgehead atoms. The van der Waals surface area contributed by atoms with E-state index in [-0.39, 0.29) is 29.6 Å². The molecule has 0 saturated heterocycles. The Labute approximate surface area is 128 Å². The average Bonchev–Trinajstić information content (AvgIpc) is 2.38. The van der Waals surface area contributed by atoms with Gasteiger partial charge >= 0.3 is 0 Å². The van der Waals surface area contributed by atoms with Gasteiger partial charge in [-0.25, -0.2) is 0 Å². The quantitative estimate of drug-likeness (QED) is 0.540. The van der Waals surface area contributed by atoms with Gasteiger partial charge in [-0.05, 0) is 33.7 Å². The predicted molar refractivity (Wildman–Crippen MR) is 84.1 cm³/mol. The first-order valence-corrected chi connectivity index (χ1v) is 7.87. The fraction of sp³-hybridized carbons (Fsp3) is 0.812. The maximum absolute atomic E-state index is 12.2. The Kier molecular flexibility index (Phi) is 10.8. The van der Waals surface area contributed by atoms with Gasteiger partial charge < -0.3 is 15.4 Å². The standard InChI is InChI=1S/C16H30N2O3/c1-5-6-7-8-14(11-13(3)20)18-16(21)15(17-4)10-9-12(2)19/h14-15,17H,5-11H2,1-4H3,(H,18,21). The molecule has 2 N–H and O–H groups in total. The van der Waals surface area contributed by atoms with Gasteiger partial charge in [0.25, 0.3) is 0 Å². The molecule has 122 valence electrons. The molecule has 0 saturated carbocycles. The highest BCUT2D eigenvalue weighted by atomic mass is 16.2. The molecule has 0 aromatic heterocycles. The van der Waals surface area contributed by atoms with E-state index >= 15 is 0 Å². The Bertz CT molecular complexity index is 342. The summed E-state index contributed by atoms with van der Waals surface area (Å²) in [6, 6.07) is -0.482. The molecule has 5 nitrogen and oxygen atoms in total. The van der Waals surface area contributed by atoms with E-state index in [0.717, 1.165) is 25.7 Å². The molecule has 0 aromatic rings. The Morgan fingerprint density at radius 1 is 1.00 bits per heavy atom. The lowest BCUT2D eigenvalue weighted by atomic mass is 10.0. The number of amides is 1. The minimum absolute atomic E-state index is 0.0753. The van der Waals surface area contributed by atoms with Crippen LogP contribution in [0.2, 0.25) is 0 Å². The van der Waals surface area contributed by atoms with Crippen molar-refractivity contribution in [3.05, 3.63) is 0 Å². The van der Waals surface area contributed by atoms with Gasteiger partial charge in [0.1, 0.15) is 11.6 Å². The fourth-order valence-electron chi connectivity index (χ4n) is 2.27. The summed E-state index contributed by atoms with van der Waals surface area (Å²) in [6.07, 6.45) is 5.28. The number of hydrogen-bond acceptors (Lipinski definition) is 4. The Hall–Kier alpha value is -1.23. The first kappa shape index (κ1) is 19.8. The molecule has 5 heteroatoms. The molecule has 0 heterocycles. The molecule has 21 heavy (non-hydrogen) atoms. The van der Waals surface area contributed by atoms with Gasteiger partial charge in [0.15, 0.2) is 0 Å². The number of unbranched alkanes of at least 4 members (excludes halogenated alkanes) is 2. The van der Waals surface area contributed by atoms with Crippen LogP contribution in [0.25, 0.3) is 0 Å². The van der Waals surface area contributed by atoms with Crippen molar-refractivity contribution >= 4 is 17.5 Å². The minimum Gasteiger partial charge on any atom is -0.352 e. The third-order valence-corrected chi connectivity index (χ3v) is 3.49. The van der Waals surface area contributed by atoms with E-state index in [1.54, 1.807) is 14.0 Å². The lowest BCUT2D eigenvalue weighted by Gasteiger charge is -2.22. The molecule has 1 amide bonds. The molecule has 0 fully saturated rings. The second-order valence-electron chi connectivity index (χ2n) is 5.69. The highest BCUT2D eigenvalue weighted by Gasteiger charge is 2.21. The zero-order valence-corrected chi connectivity index (χ0v) is 13.8. The number of carbonyl (C=O) groups is 3. The van der Waals surface area contributed by atoms with Crippen LogP contribution in [0.15, 0.2) is 0 Å². The van der Waals surface area contributed by atoms with E-state index in [9.17, 15) is 14.4 Å². The number of Topliss-reactive ketones (excluding diaryl/α,β-unsaturated/α-hetero) is 2. The van der Waals surface area contributed by atoms with Gasteiger partial charge in [-0.3, -0.25) is 9.59 Å². The molecule has 0 spiro atoms. The summed E-state index contributed by atoms with van der Waals surface area (Å²) < 4.78 is 0. The summed E-state index contributed by atoms with van der Waals surface area (Å²) in [5.41, 5.74) is 0. The summed E-state index contributed by atoms with van der Waals surface area (Å²) in [6.45, 7) is 5.19. The smallest absolute Gasteiger partial charge is 0.237 e. The second-order valence-corrected chi connectivity index (χ2v) is 5.69. The van der Waals surface area contributed by atoms with Crippen LogP contribution in [0, 0.1) is 0 Å². The maximum atomic E-state index is 12.2. The lowest BCUT2D eigenvalue weighted by Crippen LogP contribution is -2.47. The number of carbonyl (C=O) groups excluding carboxylic acids is 3. The van der Waals surface area contributed by atoms with Gasteiger partial charge in [0.2, 0.25) is 5.91 Å². The van der Waals surface area contributed by atoms with Crippen molar-refractivity contribution in [3.63, 3.8) is 0 Å². The fourth-order valence-corrected chi connectivity index (χ4v) is 2.27. The molecular weight excluding hydrogens is 268 g/mol. The van der Waals surface area contributed by atoms with Crippen molar-refractivity contribution < 1.29 is 14.4 Å². The van der Waals surface area contributed by atoms with Crippen molar-refractivity contribution in [3.8, 4) is 0 Å². The van der Waals surface area contributed by atoms with Crippen LogP contribution in [-0.2, 0) is 14.4 Å². The highest BCUT2D eigenvalue weighted by molar-refractivity contribution is 5.84. The van der Waals surface area contributed by atoms with Crippen LogP contribution in [0.5, 0.6) is 0 Å². The monoisotopic (exact) mass is 298 g/mol. The van der Waals surface area contributed by atoms with Gasteiger partial charge in [-0.2, -0.15) is 0 Å². The number of ketones is 2. The van der Waals surface area contributed by atoms with Crippen molar-refractivity contribution in [2.45, 2.75) is 77.8 Å². The molecule has 2 unspecified atom stereocenters. The Morgan fingerprint density at radius 3 is 2.14 bits per heavy atom. The summed E-state index contributed by atoms with van der Waals surface area (Å²) in [5, 5.41) is 5.88. The van der Waals surface area contributed by atoms with Gasteiger partial charge in [0, 0.05) is 18.9 Å². The normalized spacial score (nSPS) is 13.5. The molecule has 0 aromatic carbocycles. The zero-order chi connectivity index (χ0) is 16.3. The summed E-state index contributed by atoms with van der Waals surface area (Å²) in [7, 11) is 1.71. The molecule has 0 aliphatic rings. The van der Waals surface area contributed by atoms with Crippen LogP contribution >= 0.6 is 0 Å². The Balaban J connectivity index is 4.45. The Morgan fingerprint density at radius 2 is 1.67 bits per heavy atom. The van der Waals surface area contributed by atoms with Crippen LogP contribution in [0.3, 0.4) is 0 Å². The van der Waals surface area contributed by atoms with E-state index in [1.807, 2.05) is 0 Å². The summed E-state index contributed by atoms with van der Waals surface area (Å²) >= 11 is 0. The van der Waals surface area contributed by atoms with Crippen LogP contribution < -0.4 is 10.6 Å². The maximum Gasteiger partial charge on any atom is 0.237 e. The predicted octanol–water partition coefficient (Wildman–Crippen LogP) is 1.99. The number of nitrogens with one attached hydrogen (secondary N) is 2.